The van der Waals surface area contributed by atoms with Crippen LogP contribution in [-0.2, 0) is 17.6 Å². The van der Waals surface area contributed by atoms with E-state index in [1.54, 1.807) is 11.5 Å². The van der Waals surface area contributed by atoms with Crippen LogP contribution in [0.15, 0.2) is 24.5 Å². The Kier molecular flexibility index (Phi) is 7.16. The Labute approximate surface area is 208 Å². The highest BCUT2D eigenvalue weighted by Crippen LogP contribution is 2.41. The lowest BCUT2D eigenvalue weighted by molar-refractivity contribution is -0.137. The summed E-state index contributed by atoms with van der Waals surface area (Å²) in [5.41, 5.74) is 0.259. The summed E-state index contributed by atoms with van der Waals surface area (Å²) in [6, 6.07) is 4.20. The number of nitrogens with zero attached hydrogens (tertiary/aromatic N) is 3. The Morgan fingerprint density at radius 3 is 2.56 bits per heavy atom. The van der Waals surface area contributed by atoms with Crippen molar-refractivity contribution in [2.75, 3.05) is 13.2 Å². The molecule has 0 radical (unpaired) electrons. The third kappa shape index (κ3) is 5.72. The van der Waals surface area contributed by atoms with E-state index in [1.165, 1.54) is 12.4 Å². The Morgan fingerprint density at radius 2 is 1.94 bits per heavy atom. The molecule has 194 valence electrons. The number of ether oxygens (including phenoxy) is 2. The molecule has 1 saturated carbocycles. The fourth-order valence-corrected chi connectivity index (χ4v) is 4.71. The number of aromatic nitrogens is 3. The van der Waals surface area contributed by atoms with Crippen LogP contribution < -0.4 is 4.74 Å². The van der Waals surface area contributed by atoms with E-state index in [9.17, 15) is 23.1 Å². The molecule has 1 aliphatic rings. The number of carbonyl (C=O) groups is 1. The maximum absolute atomic E-state index is 13.6. The molecule has 0 bridgehead atoms. The number of aromatic carboxylic acids is 1. The van der Waals surface area contributed by atoms with Crippen molar-refractivity contribution in [3.8, 4) is 17.0 Å². The van der Waals surface area contributed by atoms with Crippen LogP contribution in [0.2, 0.25) is 25.7 Å². The van der Waals surface area contributed by atoms with Crippen molar-refractivity contribution >= 4 is 25.1 Å². The second kappa shape index (κ2) is 9.85. The minimum Gasteiger partial charge on any atom is -0.493 e. The van der Waals surface area contributed by atoms with Crippen LogP contribution in [0.4, 0.5) is 13.2 Å². The normalized spacial score (nSPS) is 14.4. The van der Waals surface area contributed by atoms with Gasteiger partial charge in [0.2, 0.25) is 0 Å². The first kappa shape index (κ1) is 26.1. The number of benzene rings is 1. The van der Waals surface area contributed by atoms with E-state index >= 15 is 0 Å². The van der Waals surface area contributed by atoms with E-state index in [4.69, 9.17) is 9.47 Å². The second-order valence-corrected chi connectivity index (χ2v) is 16.0. The van der Waals surface area contributed by atoms with E-state index in [0.29, 0.717) is 30.3 Å². The average molecular weight is 522 g/mol. The van der Waals surface area contributed by atoms with E-state index in [2.05, 4.69) is 29.6 Å². The number of halogens is 3. The van der Waals surface area contributed by atoms with Crippen LogP contribution in [0.1, 0.15) is 34.5 Å². The first-order valence-corrected chi connectivity index (χ1v) is 15.6. The van der Waals surface area contributed by atoms with Crippen molar-refractivity contribution in [3.63, 3.8) is 0 Å². The van der Waals surface area contributed by atoms with Gasteiger partial charge in [-0.25, -0.2) is 14.8 Å². The number of alkyl halides is 3. The van der Waals surface area contributed by atoms with Gasteiger partial charge in [0.15, 0.2) is 0 Å². The zero-order chi connectivity index (χ0) is 26.3. The molecular weight excluding hydrogens is 491 g/mol. The highest BCUT2D eigenvalue weighted by atomic mass is 28.3. The van der Waals surface area contributed by atoms with Gasteiger partial charge >= 0.3 is 12.1 Å². The summed E-state index contributed by atoms with van der Waals surface area (Å²) in [7, 11) is -1.36. The third-order valence-corrected chi connectivity index (χ3v) is 7.96. The van der Waals surface area contributed by atoms with Crippen LogP contribution >= 0.6 is 0 Å². The molecule has 2 heterocycles. The molecule has 0 aliphatic heterocycles. The summed E-state index contributed by atoms with van der Waals surface area (Å²) in [6.07, 6.45) is -1.36. The van der Waals surface area contributed by atoms with E-state index in [0.717, 1.165) is 31.0 Å². The molecule has 3 aromatic rings. The van der Waals surface area contributed by atoms with Crippen LogP contribution in [0.3, 0.4) is 0 Å². The van der Waals surface area contributed by atoms with E-state index in [1.807, 2.05) is 0 Å². The van der Waals surface area contributed by atoms with E-state index in [-0.39, 0.29) is 34.8 Å². The van der Waals surface area contributed by atoms with Gasteiger partial charge in [0.05, 0.1) is 17.7 Å². The topological polar surface area (TPSA) is 86.5 Å². The lowest BCUT2D eigenvalue weighted by Gasteiger charge is -2.18. The zero-order valence-electron chi connectivity index (χ0n) is 20.8. The van der Waals surface area contributed by atoms with Gasteiger partial charge in [0.1, 0.15) is 35.6 Å². The summed E-state index contributed by atoms with van der Waals surface area (Å²) in [5.74, 6) is -0.538. The summed E-state index contributed by atoms with van der Waals surface area (Å²) in [5, 5.41) is 9.89. The monoisotopic (exact) mass is 521 g/mol. The molecule has 1 aliphatic carbocycles. The predicted molar refractivity (Wildman–Crippen MR) is 132 cm³/mol. The average Bonchev–Trinajstić information content (AvgIpc) is 3.56. The molecule has 1 N–H and O–H groups in total. The van der Waals surface area contributed by atoms with Crippen molar-refractivity contribution in [1.29, 1.82) is 0 Å². The first-order valence-electron chi connectivity index (χ1n) is 11.9. The number of carboxylic acid groups (broad SMARTS) is 1. The second-order valence-electron chi connectivity index (χ2n) is 10.4. The molecule has 0 amide bonds. The van der Waals surface area contributed by atoms with Crippen molar-refractivity contribution in [2.24, 2.45) is 5.92 Å². The molecule has 4 rings (SSSR count). The van der Waals surface area contributed by atoms with Gasteiger partial charge in [-0.15, -0.1) is 0 Å². The van der Waals surface area contributed by atoms with Crippen molar-refractivity contribution < 1.29 is 32.5 Å². The molecule has 11 heteroatoms. The molecule has 7 nitrogen and oxygen atoms in total. The Morgan fingerprint density at radius 1 is 1.22 bits per heavy atom. The van der Waals surface area contributed by atoms with Crippen LogP contribution in [0, 0.1) is 12.8 Å². The van der Waals surface area contributed by atoms with E-state index < -0.39 is 25.8 Å². The lowest BCUT2D eigenvalue weighted by atomic mass is 10.0. The Balaban J connectivity index is 1.86. The molecule has 1 aromatic carbocycles. The smallest absolute Gasteiger partial charge is 0.416 e. The van der Waals surface area contributed by atoms with Gasteiger partial charge < -0.3 is 19.1 Å². The third-order valence-electron chi connectivity index (χ3n) is 6.26. The highest BCUT2D eigenvalue weighted by Gasteiger charge is 2.33. The van der Waals surface area contributed by atoms with Gasteiger partial charge in [-0.1, -0.05) is 19.6 Å². The summed E-state index contributed by atoms with van der Waals surface area (Å²) in [4.78, 5) is 20.6. The Bertz CT molecular complexity index is 1280. The van der Waals surface area contributed by atoms with Gasteiger partial charge in [-0.3, -0.25) is 0 Å². The minimum absolute atomic E-state index is 0.0255. The highest BCUT2D eigenvalue weighted by molar-refractivity contribution is 6.76. The Hall–Kier alpha value is -2.92. The summed E-state index contributed by atoms with van der Waals surface area (Å²) < 4.78 is 54.3. The number of fused-ring (bicyclic) bond motifs is 1. The predicted octanol–water partition coefficient (Wildman–Crippen LogP) is 6.22. The van der Waals surface area contributed by atoms with Crippen LogP contribution in [-0.4, -0.2) is 46.9 Å². The molecule has 0 spiro atoms. The minimum atomic E-state index is -4.57. The molecule has 0 atom stereocenters. The number of hydrogen-bond donors (Lipinski definition) is 1. The zero-order valence-corrected chi connectivity index (χ0v) is 21.8. The molecule has 36 heavy (non-hydrogen) atoms. The van der Waals surface area contributed by atoms with Gasteiger partial charge in [-0.2, -0.15) is 13.2 Å². The van der Waals surface area contributed by atoms with Crippen LogP contribution in [0.25, 0.3) is 22.3 Å². The summed E-state index contributed by atoms with van der Waals surface area (Å²) >= 11 is 0. The maximum atomic E-state index is 13.6. The molecule has 0 unspecified atom stereocenters. The molecular formula is C25H30F3N3O4Si. The SMILES string of the molecule is Cc1c(C(=O)O)c2ncnc(-c3cc(C(F)(F)F)ccc3OCC3CC3)c2n1COCC[Si](C)(C)C. The van der Waals surface area contributed by atoms with Crippen molar-refractivity contribution in [2.45, 2.75) is 58.4 Å². The lowest BCUT2D eigenvalue weighted by Crippen LogP contribution is -2.22. The largest absolute Gasteiger partial charge is 0.493 e. The number of rotatable bonds is 10. The van der Waals surface area contributed by atoms with Crippen molar-refractivity contribution in [3.05, 3.63) is 41.3 Å². The quantitative estimate of drug-likeness (QED) is 0.252. The van der Waals surface area contributed by atoms with Gasteiger partial charge in [-0.05, 0) is 49.9 Å². The number of carboxylic acids is 1. The fourth-order valence-electron chi connectivity index (χ4n) is 3.95. The molecule has 1 fully saturated rings. The molecule has 2 aromatic heterocycles. The van der Waals surface area contributed by atoms with Gasteiger partial charge in [0, 0.05) is 25.9 Å². The van der Waals surface area contributed by atoms with Crippen LogP contribution in [0.5, 0.6) is 5.75 Å². The van der Waals surface area contributed by atoms with Gasteiger partial charge in [0.25, 0.3) is 0 Å². The fraction of sp³-hybridized carbons (Fsp3) is 0.480. The first-order chi connectivity index (χ1) is 16.9. The number of hydrogen-bond acceptors (Lipinski definition) is 5. The standard InChI is InChI=1S/C25H30F3N3O4Si/c1-15-20(24(32)33)22-23(31(15)14-34-9-10-36(2,3)4)21(29-13-30-22)18-11-17(25(26,27)28)7-8-19(18)35-12-16-5-6-16/h7-8,11,13,16H,5-6,9-10,12,14H2,1-4H3,(H,32,33). The van der Waals surface area contributed by atoms with Crippen molar-refractivity contribution in [1.82, 2.24) is 14.5 Å². The summed E-state index contributed by atoms with van der Waals surface area (Å²) in [6.45, 7) is 9.20. The maximum Gasteiger partial charge on any atom is 0.416 e. The molecule has 0 saturated heterocycles.